The maximum Gasteiger partial charge on any atom is 0.326 e. The van der Waals surface area contributed by atoms with E-state index in [9.17, 15) is 24.6 Å². The van der Waals surface area contributed by atoms with Gasteiger partial charge >= 0.3 is 5.97 Å². The molecular weight excluding hydrogens is 326 g/mol. The van der Waals surface area contributed by atoms with Crippen molar-refractivity contribution in [2.24, 2.45) is 11.8 Å². The van der Waals surface area contributed by atoms with Gasteiger partial charge in [0.1, 0.15) is 6.04 Å². The molecule has 2 aliphatic heterocycles. The average molecular weight is 355 g/mol. The summed E-state index contributed by atoms with van der Waals surface area (Å²) in [6.45, 7) is 5.88. The third-order valence-electron chi connectivity index (χ3n) is 5.15. The van der Waals surface area contributed by atoms with Crippen molar-refractivity contribution < 1.29 is 24.6 Å². The second-order valence-corrected chi connectivity index (χ2v) is 7.48. The number of aliphatic hydroxyl groups is 1. The van der Waals surface area contributed by atoms with Crippen LogP contribution < -0.4 is 0 Å². The number of hydrogen-bond donors (Lipinski definition) is 2. The van der Waals surface area contributed by atoms with Crippen LogP contribution in [0.2, 0.25) is 0 Å². The van der Waals surface area contributed by atoms with Gasteiger partial charge in [-0.25, -0.2) is 4.79 Å². The molecule has 1 unspecified atom stereocenters. The Bertz CT molecular complexity index is 524. The molecule has 0 spiro atoms. The van der Waals surface area contributed by atoms with Crippen LogP contribution in [0.15, 0.2) is 0 Å². The summed E-state index contributed by atoms with van der Waals surface area (Å²) in [4.78, 5) is 41.3. The molecule has 0 bridgehead atoms. The van der Waals surface area contributed by atoms with Crippen LogP contribution in [0.5, 0.6) is 0 Å². The van der Waals surface area contributed by atoms with E-state index in [0.717, 1.165) is 0 Å². The Hall–Kier alpha value is -1.67. The van der Waals surface area contributed by atoms with Gasteiger partial charge in [-0.2, -0.15) is 0 Å². The first-order valence-corrected chi connectivity index (χ1v) is 8.88. The largest absolute Gasteiger partial charge is 0.480 e. The van der Waals surface area contributed by atoms with E-state index < -0.39 is 12.0 Å². The zero-order valence-corrected chi connectivity index (χ0v) is 15.2. The molecule has 2 N–H and O–H groups in total. The van der Waals surface area contributed by atoms with Crippen molar-refractivity contribution in [3.8, 4) is 0 Å². The molecule has 142 valence electrons. The molecule has 2 saturated heterocycles. The summed E-state index contributed by atoms with van der Waals surface area (Å²) in [6.07, 6.45) is 0.880. The zero-order valence-electron chi connectivity index (χ0n) is 15.2. The highest BCUT2D eigenvalue weighted by molar-refractivity contribution is 5.86. The van der Waals surface area contributed by atoms with E-state index in [0.29, 0.717) is 39.0 Å². The first-order chi connectivity index (χ1) is 11.7. The molecule has 0 saturated carbocycles. The minimum absolute atomic E-state index is 0.0364. The predicted molar refractivity (Wildman–Crippen MR) is 90.8 cm³/mol. The lowest BCUT2D eigenvalue weighted by molar-refractivity contribution is -0.152. The number of rotatable bonds is 6. The number of amides is 2. The lowest BCUT2D eigenvalue weighted by atomic mass is 10.0. The number of likely N-dealkylation sites (tertiary alicyclic amines) is 2. The van der Waals surface area contributed by atoms with Crippen molar-refractivity contribution >= 4 is 17.8 Å². The molecule has 0 aliphatic carbocycles. The van der Waals surface area contributed by atoms with Gasteiger partial charge in [0.15, 0.2) is 0 Å². The van der Waals surface area contributed by atoms with Gasteiger partial charge in [0, 0.05) is 33.2 Å². The van der Waals surface area contributed by atoms with E-state index in [1.807, 2.05) is 4.90 Å². The van der Waals surface area contributed by atoms with Crippen LogP contribution in [0.3, 0.4) is 0 Å². The van der Waals surface area contributed by atoms with Crippen molar-refractivity contribution in [1.82, 2.24) is 14.7 Å². The molecule has 2 amide bonds. The number of carbonyl (C=O) groups is 3. The van der Waals surface area contributed by atoms with Crippen LogP contribution in [0.4, 0.5) is 0 Å². The average Bonchev–Trinajstić information content (AvgIpc) is 3.15. The number of aliphatic carboxylic acids is 1. The Morgan fingerprint density at radius 1 is 1.16 bits per heavy atom. The van der Waals surface area contributed by atoms with E-state index in [1.54, 1.807) is 18.7 Å². The fraction of sp³-hybridized carbons (Fsp3) is 0.824. The minimum atomic E-state index is -1.01. The van der Waals surface area contributed by atoms with E-state index in [-0.39, 0.29) is 36.3 Å². The number of nitrogens with zero attached hydrogens (tertiary/aromatic N) is 3. The Balaban J connectivity index is 1.89. The lowest BCUT2D eigenvalue weighted by Gasteiger charge is -2.30. The number of carboxylic acids is 1. The standard InChI is InChI=1S/C17H29N3O5/c1-11(2)15(17(24)25)18(3)16(23)12-4-7-20(8-12)14(22)10-19-6-5-13(21)9-19/h11-13,15,21H,4-10H2,1-3H3,(H,24,25)/t12-,13-,15?/m0/s1. The van der Waals surface area contributed by atoms with Gasteiger partial charge in [0.25, 0.3) is 0 Å². The van der Waals surface area contributed by atoms with E-state index >= 15 is 0 Å². The molecule has 2 fully saturated rings. The molecule has 0 aromatic rings. The number of carboxylic acid groups (broad SMARTS) is 1. The first-order valence-electron chi connectivity index (χ1n) is 8.88. The van der Waals surface area contributed by atoms with Crippen LogP contribution in [0.1, 0.15) is 26.7 Å². The van der Waals surface area contributed by atoms with Crippen molar-refractivity contribution in [1.29, 1.82) is 0 Å². The fourth-order valence-electron chi connectivity index (χ4n) is 3.76. The smallest absolute Gasteiger partial charge is 0.326 e. The van der Waals surface area contributed by atoms with Gasteiger partial charge < -0.3 is 20.0 Å². The number of hydrogen-bond acceptors (Lipinski definition) is 5. The summed E-state index contributed by atoms with van der Waals surface area (Å²) < 4.78 is 0. The van der Waals surface area contributed by atoms with E-state index in [4.69, 9.17) is 0 Å². The summed E-state index contributed by atoms with van der Waals surface area (Å²) in [5.41, 5.74) is 0. The second kappa shape index (κ2) is 8.14. The van der Waals surface area contributed by atoms with Crippen LogP contribution >= 0.6 is 0 Å². The minimum Gasteiger partial charge on any atom is -0.480 e. The monoisotopic (exact) mass is 355 g/mol. The number of aliphatic hydroxyl groups excluding tert-OH is 1. The topological polar surface area (TPSA) is 101 Å². The normalized spacial score (nSPS) is 25.4. The highest BCUT2D eigenvalue weighted by Crippen LogP contribution is 2.22. The summed E-state index contributed by atoms with van der Waals surface area (Å²) in [5.74, 6) is -1.80. The van der Waals surface area contributed by atoms with Gasteiger partial charge in [-0.1, -0.05) is 13.8 Å². The number of carbonyl (C=O) groups excluding carboxylic acids is 2. The molecule has 0 aromatic carbocycles. The Kier molecular flexibility index (Phi) is 6.40. The Morgan fingerprint density at radius 2 is 1.84 bits per heavy atom. The molecule has 25 heavy (non-hydrogen) atoms. The molecule has 2 aliphatic rings. The molecule has 0 radical (unpaired) electrons. The molecule has 8 heteroatoms. The molecule has 3 atom stereocenters. The number of β-amino-alcohol motifs (C(OH)–C–C–N with tert-alkyl or cyclic N) is 1. The van der Waals surface area contributed by atoms with Gasteiger partial charge in [-0.05, 0) is 18.8 Å². The predicted octanol–water partition coefficient (Wildman–Crippen LogP) is -0.531. The zero-order chi connectivity index (χ0) is 18.7. The molecular formula is C17H29N3O5. The highest BCUT2D eigenvalue weighted by atomic mass is 16.4. The van der Waals surface area contributed by atoms with Crippen LogP contribution in [0, 0.1) is 11.8 Å². The molecule has 2 heterocycles. The maximum absolute atomic E-state index is 12.6. The van der Waals surface area contributed by atoms with Crippen molar-refractivity contribution in [2.75, 3.05) is 39.8 Å². The van der Waals surface area contributed by atoms with E-state index in [1.165, 1.54) is 11.9 Å². The summed E-state index contributed by atoms with van der Waals surface area (Å²) in [5, 5.41) is 18.9. The maximum atomic E-state index is 12.6. The third-order valence-corrected chi connectivity index (χ3v) is 5.15. The van der Waals surface area contributed by atoms with Crippen LogP contribution in [-0.4, -0.2) is 94.6 Å². The summed E-state index contributed by atoms with van der Waals surface area (Å²) >= 11 is 0. The lowest BCUT2D eigenvalue weighted by Crippen LogP contribution is -2.48. The van der Waals surface area contributed by atoms with Crippen LogP contribution in [-0.2, 0) is 14.4 Å². The van der Waals surface area contributed by atoms with Gasteiger partial charge in [-0.3, -0.25) is 14.5 Å². The number of likely N-dealkylation sites (N-methyl/N-ethyl adjacent to an activating group) is 1. The quantitative estimate of drug-likeness (QED) is 0.664. The van der Waals surface area contributed by atoms with Crippen molar-refractivity contribution in [3.63, 3.8) is 0 Å². The SMILES string of the molecule is CC(C)C(C(=O)O)N(C)C(=O)[C@H]1CCN(C(=O)CN2CC[C@H](O)C2)C1. The Labute approximate surface area is 148 Å². The van der Waals surface area contributed by atoms with Crippen molar-refractivity contribution in [3.05, 3.63) is 0 Å². The third kappa shape index (κ3) is 4.70. The second-order valence-electron chi connectivity index (χ2n) is 7.48. The molecule has 2 rings (SSSR count). The molecule has 0 aromatic heterocycles. The highest BCUT2D eigenvalue weighted by Gasteiger charge is 2.37. The first kappa shape index (κ1) is 19.7. The van der Waals surface area contributed by atoms with Gasteiger partial charge in [-0.15, -0.1) is 0 Å². The van der Waals surface area contributed by atoms with Gasteiger partial charge in [0.05, 0.1) is 18.6 Å². The molecule has 8 nitrogen and oxygen atoms in total. The van der Waals surface area contributed by atoms with Crippen molar-refractivity contribution in [2.45, 2.75) is 38.8 Å². The van der Waals surface area contributed by atoms with Crippen LogP contribution in [0.25, 0.3) is 0 Å². The fourth-order valence-corrected chi connectivity index (χ4v) is 3.76. The van der Waals surface area contributed by atoms with Gasteiger partial charge in [0.2, 0.25) is 11.8 Å². The summed E-state index contributed by atoms with van der Waals surface area (Å²) in [6, 6.07) is -0.858. The summed E-state index contributed by atoms with van der Waals surface area (Å²) in [7, 11) is 1.53. The van der Waals surface area contributed by atoms with E-state index in [2.05, 4.69) is 0 Å². The Morgan fingerprint density at radius 3 is 2.36 bits per heavy atom.